The molecule has 3 rings (SSSR count). The predicted octanol–water partition coefficient (Wildman–Crippen LogP) is 4.85. The van der Waals surface area contributed by atoms with Gasteiger partial charge in [0, 0.05) is 11.0 Å². The number of anilines is 1. The number of carbonyl (C=O) groups is 2. The number of hydrogen-bond donors (Lipinski definition) is 1. The summed E-state index contributed by atoms with van der Waals surface area (Å²) in [5.74, 6) is 0.163. The van der Waals surface area contributed by atoms with Crippen LogP contribution >= 0.6 is 11.3 Å². The molecule has 0 saturated carbocycles. The van der Waals surface area contributed by atoms with Crippen LogP contribution in [0.4, 0.5) is 5.00 Å². The molecule has 0 atom stereocenters. The summed E-state index contributed by atoms with van der Waals surface area (Å²) in [6.45, 7) is 2.34. The fourth-order valence-corrected chi connectivity index (χ4v) is 4.46. The second-order valence-electron chi connectivity index (χ2n) is 6.65. The molecule has 6 heteroatoms. The van der Waals surface area contributed by atoms with E-state index in [4.69, 9.17) is 9.47 Å². The highest BCUT2D eigenvalue weighted by atomic mass is 32.1. The van der Waals surface area contributed by atoms with E-state index in [1.165, 1.54) is 22.3 Å². The zero-order valence-electron chi connectivity index (χ0n) is 16.2. The van der Waals surface area contributed by atoms with E-state index in [1.54, 1.807) is 13.2 Å². The Kier molecular flexibility index (Phi) is 6.87. The van der Waals surface area contributed by atoms with Crippen molar-refractivity contribution in [2.45, 2.75) is 39.0 Å². The number of benzene rings is 1. The van der Waals surface area contributed by atoms with Crippen molar-refractivity contribution in [2.24, 2.45) is 0 Å². The lowest BCUT2D eigenvalue weighted by atomic mass is 9.95. The van der Waals surface area contributed by atoms with E-state index in [0.717, 1.165) is 49.0 Å². The Hall–Kier alpha value is -2.60. The minimum Gasteiger partial charge on any atom is -0.497 e. The Balaban J connectivity index is 1.76. The first-order valence-corrected chi connectivity index (χ1v) is 10.4. The summed E-state index contributed by atoms with van der Waals surface area (Å²) in [4.78, 5) is 26.2. The number of ether oxygens (including phenoxy) is 2. The quantitative estimate of drug-likeness (QED) is 0.534. The summed E-state index contributed by atoms with van der Waals surface area (Å²) >= 11 is 1.50. The second kappa shape index (κ2) is 9.55. The van der Waals surface area contributed by atoms with Crippen molar-refractivity contribution in [3.8, 4) is 5.75 Å². The van der Waals surface area contributed by atoms with E-state index in [1.807, 2.05) is 31.2 Å². The zero-order valence-corrected chi connectivity index (χ0v) is 17.1. The molecular formula is C22H25NO4S. The highest BCUT2D eigenvalue weighted by molar-refractivity contribution is 7.17. The summed E-state index contributed by atoms with van der Waals surface area (Å²) in [5.41, 5.74) is 2.48. The highest BCUT2D eigenvalue weighted by Crippen LogP contribution is 2.38. The van der Waals surface area contributed by atoms with Crippen LogP contribution < -0.4 is 10.1 Å². The van der Waals surface area contributed by atoms with Crippen LogP contribution in [0.5, 0.6) is 5.75 Å². The summed E-state index contributed by atoms with van der Waals surface area (Å²) in [5, 5.41) is 3.48. The number of thiophene rings is 1. The SMILES string of the molecule is CCCOC(=O)c1c(NC(=O)/C=C/c2ccc(OC)cc2)sc2c1CCCC2. The van der Waals surface area contributed by atoms with Gasteiger partial charge in [-0.3, -0.25) is 4.79 Å². The van der Waals surface area contributed by atoms with Crippen LogP contribution in [0, 0.1) is 0 Å². The Morgan fingerprint density at radius 2 is 1.93 bits per heavy atom. The average molecular weight is 400 g/mol. The van der Waals surface area contributed by atoms with Crippen LogP contribution in [-0.2, 0) is 22.4 Å². The van der Waals surface area contributed by atoms with Gasteiger partial charge in [-0.05, 0) is 61.4 Å². The smallest absolute Gasteiger partial charge is 0.341 e. The molecule has 0 radical (unpaired) electrons. The van der Waals surface area contributed by atoms with E-state index in [-0.39, 0.29) is 11.9 Å². The monoisotopic (exact) mass is 399 g/mol. The van der Waals surface area contributed by atoms with Gasteiger partial charge in [0.1, 0.15) is 10.8 Å². The largest absolute Gasteiger partial charge is 0.497 e. The molecule has 1 aromatic heterocycles. The van der Waals surface area contributed by atoms with E-state index < -0.39 is 0 Å². The van der Waals surface area contributed by atoms with Gasteiger partial charge in [0.2, 0.25) is 5.91 Å². The molecule has 1 aliphatic carbocycles. The van der Waals surface area contributed by atoms with Gasteiger partial charge in [-0.1, -0.05) is 19.1 Å². The lowest BCUT2D eigenvalue weighted by Crippen LogP contribution is -2.14. The number of carbonyl (C=O) groups excluding carboxylic acids is 2. The van der Waals surface area contributed by atoms with E-state index >= 15 is 0 Å². The molecule has 0 unspecified atom stereocenters. The summed E-state index contributed by atoms with van der Waals surface area (Å²) in [6, 6.07) is 7.43. The van der Waals surface area contributed by atoms with Crippen molar-refractivity contribution < 1.29 is 19.1 Å². The van der Waals surface area contributed by atoms with Gasteiger partial charge in [-0.15, -0.1) is 11.3 Å². The molecular weight excluding hydrogens is 374 g/mol. The Morgan fingerprint density at radius 1 is 1.18 bits per heavy atom. The van der Waals surface area contributed by atoms with Crippen molar-refractivity contribution in [1.29, 1.82) is 0 Å². The minimum atomic E-state index is -0.337. The maximum absolute atomic E-state index is 12.6. The van der Waals surface area contributed by atoms with Gasteiger partial charge >= 0.3 is 5.97 Å². The van der Waals surface area contributed by atoms with Crippen LogP contribution in [0.2, 0.25) is 0 Å². The van der Waals surface area contributed by atoms with Crippen LogP contribution in [0.25, 0.3) is 6.08 Å². The lowest BCUT2D eigenvalue weighted by molar-refractivity contribution is -0.111. The third-order valence-corrected chi connectivity index (χ3v) is 5.80. The standard InChI is InChI=1S/C22H25NO4S/c1-3-14-27-22(25)20-17-6-4-5-7-18(17)28-21(20)23-19(24)13-10-15-8-11-16(26-2)12-9-15/h8-13H,3-7,14H2,1-2H3,(H,23,24)/b13-10+. The molecule has 0 aliphatic heterocycles. The molecule has 0 saturated heterocycles. The highest BCUT2D eigenvalue weighted by Gasteiger charge is 2.27. The molecule has 148 valence electrons. The third-order valence-electron chi connectivity index (χ3n) is 4.59. The van der Waals surface area contributed by atoms with Gasteiger partial charge in [0.15, 0.2) is 0 Å². The van der Waals surface area contributed by atoms with Crippen LogP contribution in [0.15, 0.2) is 30.3 Å². The van der Waals surface area contributed by atoms with Crippen LogP contribution in [-0.4, -0.2) is 25.6 Å². The number of amides is 1. The molecule has 2 aromatic rings. The van der Waals surface area contributed by atoms with Gasteiger partial charge in [0.25, 0.3) is 0 Å². The fraction of sp³-hybridized carbons (Fsp3) is 0.364. The van der Waals surface area contributed by atoms with E-state index in [2.05, 4.69) is 5.32 Å². The first kappa shape index (κ1) is 20.1. The summed E-state index contributed by atoms with van der Waals surface area (Å²) in [6.07, 6.45) is 7.96. The maximum atomic E-state index is 12.6. The van der Waals surface area contributed by atoms with Crippen molar-refractivity contribution in [3.05, 3.63) is 51.9 Å². The van der Waals surface area contributed by atoms with Crippen molar-refractivity contribution in [3.63, 3.8) is 0 Å². The van der Waals surface area contributed by atoms with Gasteiger partial charge < -0.3 is 14.8 Å². The zero-order chi connectivity index (χ0) is 19.9. The summed E-state index contributed by atoms with van der Waals surface area (Å²) in [7, 11) is 1.61. The molecule has 1 N–H and O–H groups in total. The molecule has 0 spiro atoms. The fourth-order valence-electron chi connectivity index (χ4n) is 3.18. The molecule has 0 bridgehead atoms. The van der Waals surface area contributed by atoms with Crippen molar-refractivity contribution in [2.75, 3.05) is 19.0 Å². The van der Waals surface area contributed by atoms with Crippen molar-refractivity contribution in [1.82, 2.24) is 0 Å². The predicted molar refractivity (Wildman–Crippen MR) is 112 cm³/mol. The molecule has 1 heterocycles. The van der Waals surface area contributed by atoms with Crippen molar-refractivity contribution >= 4 is 34.3 Å². The topological polar surface area (TPSA) is 64.6 Å². The molecule has 1 aliphatic rings. The number of esters is 1. The molecule has 5 nitrogen and oxygen atoms in total. The first-order chi connectivity index (χ1) is 13.6. The third kappa shape index (κ3) is 4.81. The Labute approximate surface area is 169 Å². The number of aryl methyl sites for hydroxylation is 1. The lowest BCUT2D eigenvalue weighted by Gasteiger charge is -2.12. The number of nitrogens with one attached hydrogen (secondary N) is 1. The van der Waals surface area contributed by atoms with E-state index in [9.17, 15) is 9.59 Å². The normalized spacial score (nSPS) is 13.2. The van der Waals surface area contributed by atoms with Gasteiger partial charge in [-0.2, -0.15) is 0 Å². The van der Waals surface area contributed by atoms with Gasteiger partial charge in [-0.25, -0.2) is 4.79 Å². The molecule has 1 amide bonds. The first-order valence-electron chi connectivity index (χ1n) is 9.57. The minimum absolute atomic E-state index is 0.265. The van der Waals surface area contributed by atoms with Crippen LogP contribution in [0.1, 0.15) is 52.5 Å². The van der Waals surface area contributed by atoms with Crippen LogP contribution in [0.3, 0.4) is 0 Å². The number of hydrogen-bond acceptors (Lipinski definition) is 5. The Bertz CT molecular complexity index is 867. The second-order valence-corrected chi connectivity index (χ2v) is 7.75. The number of rotatable bonds is 7. The molecule has 28 heavy (non-hydrogen) atoms. The number of fused-ring (bicyclic) bond motifs is 1. The molecule has 0 fully saturated rings. The van der Waals surface area contributed by atoms with E-state index in [0.29, 0.717) is 17.2 Å². The summed E-state index contributed by atoms with van der Waals surface area (Å²) < 4.78 is 10.5. The Morgan fingerprint density at radius 3 is 2.64 bits per heavy atom. The number of methoxy groups -OCH3 is 1. The molecule has 1 aromatic carbocycles. The average Bonchev–Trinajstić information content (AvgIpc) is 3.08. The maximum Gasteiger partial charge on any atom is 0.341 e. The van der Waals surface area contributed by atoms with Gasteiger partial charge in [0.05, 0.1) is 19.3 Å².